The molecule has 1 aliphatic carbocycles. The van der Waals surface area contributed by atoms with Crippen LogP contribution >= 0.6 is 0 Å². The highest BCUT2D eigenvalue weighted by atomic mass is 19.1. The van der Waals surface area contributed by atoms with Crippen LogP contribution in [-0.4, -0.2) is 40.8 Å². The maximum absolute atomic E-state index is 15.8. The van der Waals surface area contributed by atoms with Crippen LogP contribution in [0, 0.1) is 11.6 Å². The molecule has 29 heavy (non-hydrogen) atoms. The second-order valence-corrected chi connectivity index (χ2v) is 8.27. The highest BCUT2D eigenvalue weighted by molar-refractivity contribution is 5.99. The van der Waals surface area contributed by atoms with Crippen LogP contribution in [0.1, 0.15) is 48.5 Å². The fraction of sp³-hybridized carbons (Fsp3) is 0.500. The number of aromatic nitrogens is 1. The zero-order chi connectivity index (χ0) is 20.4. The average molecular weight is 404 g/mol. The summed E-state index contributed by atoms with van der Waals surface area (Å²) in [6.45, 7) is 1.10. The number of fused-ring (bicyclic) bond motifs is 5. The van der Waals surface area contributed by atoms with E-state index >= 15 is 8.78 Å². The molecule has 9 heteroatoms. The molecule has 4 fully saturated rings. The Morgan fingerprint density at radius 1 is 1.17 bits per heavy atom. The Labute approximate surface area is 165 Å². The number of piperazine rings is 1. The van der Waals surface area contributed by atoms with Crippen molar-refractivity contribution in [1.82, 2.24) is 9.88 Å². The largest absolute Gasteiger partial charge is 0.477 e. The minimum atomic E-state index is -1.44. The quantitative estimate of drug-likeness (QED) is 0.679. The third-order valence-electron chi connectivity index (χ3n) is 6.41. The maximum Gasteiger partial charge on any atom is 0.341 e. The number of rotatable bonds is 3. The molecule has 0 radical (unpaired) electrons. The molecule has 2 aromatic rings. The van der Waals surface area contributed by atoms with Crippen molar-refractivity contribution in [3.05, 3.63) is 33.6 Å². The lowest BCUT2D eigenvalue weighted by atomic mass is 10.0. The molecule has 0 unspecified atom stereocenters. The van der Waals surface area contributed by atoms with E-state index in [9.17, 15) is 14.7 Å². The van der Waals surface area contributed by atoms with Crippen LogP contribution < -0.4 is 21.4 Å². The van der Waals surface area contributed by atoms with Gasteiger partial charge in [-0.25, -0.2) is 13.6 Å². The first-order valence-corrected chi connectivity index (χ1v) is 9.97. The first kappa shape index (κ1) is 18.4. The van der Waals surface area contributed by atoms with E-state index in [0.717, 1.165) is 32.1 Å². The van der Waals surface area contributed by atoms with Crippen molar-refractivity contribution in [2.24, 2.45) is 0 Å². The van der Waals surface area contributed by atoms with Crippen LogP contribution in [0.2, 0.25) is 0 Å². The molecule has 4 heterocycles. The van der Waals surface area contributed by atoms with Crippen LogP contribution in [-0.2, 0) is 0 Å². The van der Waals surface area contributed by atoms with Gasteiger partial charge >= 0.3 is 5.97 Å². The van der Waals surface area contributed by atoms with Crippen molar-refractivity contribution in [2.45, 2.75) is 50.2 Å². The number of pyridine rings is 1. The zero-order valence-corrected chi connectivity index (χ0v) is 15.8. The van der Waals surface area contributed by atoms with Crippen LogP contribution in [0.3, 0.4) is 0 Å². The lowest BCUT2D eigenvalue weighted by molar-refractivity contribution is 0.0695. The highest BCUT2D eigenvalue weighted by Gasteiger charge is 2.37. The number of halogens is 2. The first-order valence-electron chi connectivity index (χ1n) is 9.97. The lowest BCUT2D eigenvalue weighted by Gasteiger charge is -2.39. The number of carboxylic acid groups (broad SMARTS) is 1. The number of carboxylic acids is 1. The molecular formula is C20H22F2N4O3. The summed E-state index contributed by atoms with van der Waals surface area (Å²) in [5.41, 5.74) is 3.74. The second kappa shape index (κ2) is 6.41. The number of anilines is 2. The van der Waals surface area contributed by atoms with Crippen LogP contribution in [0.5, 0.6) is 0 Å². The number of benzene rings is 1. The number of hydrogen-bond acceptors (Lipinski definition) is 5. The smallest absolute Gasteiger partial charge is 0.341 e. The van der Waals surface area contributed by atoms with E-state index in [1.807, 2.05) is 0 Å². The van der Waals surface area contributed by atoms with Crippen molar-refractivity contribution < 1.29 is 18.7 Å². The Morgan fingerprint density at radius 3 is 2.62 bits per heavy atom. The van der Waals surface area contributed by atoms with Crippen LogP contribution in [0.15, 0.2) is 11.0 Å². The number of carbonyl (C=O) groups is 1. The zero-order valence-electron chi connectivity index (χ0n) is 15.8. The van der Waals surface area contributed by atoms with Gasteiger partial charge in [-0.15, -0.1) is 0 Å². The average Bonchev–Trinajstić information content (AvgIpc) is 3.53. The van der Waals surface area contributed by atoms with Gasteiger partial charge in [0.15, 0.2) is 11.6 Å². The summed E-state index contributed by atoms with van der Waals surface area (Å²) in [7, 11) is 0. The number of hydrogen-bond donors (Lipinski definition) is 3. The third kappa shape index (κ3) is 2.71. The fourth-order valence-electron chi connectivity index (χ4n) is 4.79. The molecule has 1 aromatic carbocycles. The molecule has 154 valence electrons. The monoisotopic (exact) mass is 404 g/mol. The summed E-state index contributed by atoms with van der Waals surface area (Å²) in [5, 5.41) is 12.4. The van der Waals surface area contributed by atoms with E-state index in [1.54, 1.807) is 4.90 Å². The van der Waals surface area contributed by atoms with Crippen LogP contribution in [0.4, 0.5) is 20.2 Å². The second-order valence-electron chi connectivity index (χ2n) is 8.27. The molecule has 2 atom stereocenters. The summed E-state index contributed by atoms with van der Waals surface area (Å²) in [4.78, 5) is 26.0. The van der Waals surface area contributed by atoms with Crippen molar-refractivity contribution in [2.75, 3.05) is 23.7 Å². The van der Waals surface area contributed by atoms with Gasteiger partial charge in [0.25, 0.3) is 0 Å². The number of nitrogens with one attached hydrogen (secondary N) is 1. The summed E-state index contributed by atoms with van der Waals surface area (Å²) in [6, 6.07) is -0.0378. The van der Waals surface area contributed by atoms with Gasteiger partial charge in [-0.05, 0) is 32.1 Å². The van der Waals surface area contributed by atoms with Gasteiger partial charge in [0.2, 0.25) is 5.43 Å². The van der Waals surface area contributed by atoms with Gasteiger partial charge in [0.1, 0.15) is 11.3 Å². The van der Waals surface area contributed by atoms with Gasteiger partial charge < -0.3 is 25.6 Å². The maximum atomic E-state index is 15.8. The first-order chi connectivity index (χ1) is 13.9. The van der Waals surface area contributed by atoms with E-state index in [-0.39, 0.29) is 34.7 Å². The number of aromatic carboxylic acids is 1. The molecule has 3 aliphatic heterocycles. The van der Waals surface area contributed by atoms with Gasteiger partial charge in [-0.3, -0.25) is 4.79 Å². The Hall–Kier alpha value is -2.68. The van der Waals surface area contributed by atoms with Crippen molar-refractivity contribution in [1.29, 1.82) is 0 Å². The van der Waals surface area contributed by atoms with E-state index in [0.29, 0.717) is 13.1 Å². The molecule has 0 spiro atoms. The Balaban J connectivity index is 1.82. The van der Waals surface area contributed by atoms with Crippen molar-refractivity contribution >= 4 is 28.2 Å². The van der Waals surface area contributed by atoms with Crippen molar-refractivity contribution in [3.63, 3.8) is 0 Å². The molecule has 0 amide bonds. The summed E-state index contributed by atoms with van der Waals surface area (Å²) >= 11 is 0. The Kier molecular flexibility index (Phi) is 4.06. The minimum Gasteiger partial charge on any atom is -0.477 e. The molecule has 7 nitrogen and oxygen atoms in total. The van der Waals surface area contributed by atoms with Crippen molar-refractivity contribution in [3.8, 4) is 0 Å². The van der Waals surface area contributed by atoms with E-state index in [1.165, 1.54) is 10.8 Å². The minimum absolute atomic E-state index is 0.0611. The Bertz CT molecular complexity index is 1090. The summed E-state index contributed by atoms with van der Waals surface area (Å²) < 4.78 is 32.7. The summed E-state index contributed by atoms with van der Waals surface area (Å²) in [6.07, 6.45) is 5.37. The van der Waals surface area contributed by atoms with Gasteiger partial charge in [0.05, 0.1) is 16.6 Å². The number of nitrogen functional groups attached to an aromatic ring is 1. The third-order valence-corrected chi connectivity index (χ3v) is 6.41. The number of nitrogens with zero attached hydrogens (tertiary/aromatic N) is 2. The van der Waals surface area contributed by atoms with Gasteiger partial charge in [0, 0.05) is 37.4 Å². The predicted molar refractivity (Wildman–Crippen MR) is 105 cm³/mol. The van der Waals surface area contributed by atoms with E-state index < -0.39 is 34.3 Å². The van der Waals surface area contributed by atoms with E-state index in [2.05, 4.69) is 5.32 Å². The Morgan fingerprint density at radius 2 is 1.93 bits per heavy atom. The molecule has 3 saturated heterocycles. The van der Waals surface area contributed by atoms with Gasteiger partial charge in [-0.1, -0.05) is 0 Å². The van der Waals surface area contributed by atoms with Gasteiger partial charge in [-0.2, -0.15) is 0 Å². The normalized spacial score (nSPS) is 24.1. The molecule has 1 saturated carbocycles. The molecule has 2 bridgehead atoms. The number of nitrogens with two attached hydrogens (primary N) is 1. The molecule has 4 N–H and O–H groups in total. The van der Waals surface area contributed by atoms with E-state index in [4.69, 9.17) is 5.73 Å². The lowest BCUT2D eigenvalue weighted by Crippen LogP contribution is -2.55. The molecule has 4 aliphatic rings. The highest BCUT2D eigenvalue weighted by Crippen LogP contribution is 2.42. The molecule has 6 rings (SSSR count). The summed E-state index contributed by atoms with van der Waals surface area (Å²) in [5.74, 6) is -3.25. The van der Waals surface area contributed by atoms with Crippen LogP contribution in [0.25, 0.3) is 10.9 Å². The molecular weight excluding hydrogens is 382 g/mol. The standard InChI is InChI=1S/C20H22F2N4O3/c21-14-16(23)13-17(26(10-4-5-10)8-12(19(13)27)20(28)29)15(22)18(14)25-7-9-2-1-3-11(25)6-24-9/h8-11,24H,1-7,23H2,(H,28,29)/t9-,11-/m0/s1. The SMILES string of the molecule is Nc1c(F)c(N2C[C@@H]3CCC[C@H]2CN3)c(F)c2c1c(=O)c(C(=O)O)cn2C1CC1. The topological polar surface area (TPSA) is 101 Å². The molecule has 1 aromatic heterocycles. The fourth-order valence-corrected chi connectivity index (χ4v) is 4.79. The predicted octanol–water partition coefficient (Wildman–Crippen LogP) is 2.23.